The lowest BCUT2D eigenvalue weighted by Gasteiger charge is -2.33. The van der Waals surface area contributed by atoms with Gasteiger partial charge in [0.1, 0.15) is 16.8 Å². The van der Waals surface area contributed by atoms with Gasteiger partial charge in [-0.2, -0.15) is 4.42 Å². The fourth-order valence-corrected chi connectivity index (χ4v) is 3.28. The molecule has 1 rings (SSSR count). The summed E-state index contributed by atoms with van der Waals surface area (Å²) in [6.45, 7) is 0.810. The molecule has 20 heavy (non-hydrogen) atoms. The number of thiol groups is 1. The molecule has 1 fully saturated rings. The van der Waals surface area contributed by atoms with Crippen molar-refractivity contribution in [2.75, 3.05) is 13.2 Å². The molecule has 3 N–H and O–H groups in total. The largest absolute Gasteiger partial charge is 0.394 e. The number of hydrogen-bond acceptors (Lipinski definition) is 8. The SMILES string of the molecule is CC1(CC(C(O)C(O)CO)[SH](=O)=O)COC(C=O)N1Cl. The normalized spacial score (nSPS) is 32.2. The summed E-state index contributed by atoms with van der Waals surface area (Å²) in [5, 5.41) is 26.6. The van der Waals surface area contributed by atoms with Crippen molar-refractivity contribution in [1.82, 2.24) is 4.42 Å². The van der Waals surface area contributed by atoms with Crippen molar-refractivity contribution in [3.63, 3.8) is 0 Å². The number of rotatable bonds is 7. The standard InChI is InChI=1S/C10H18ClNO7S/c1-10(5-19-8(4-14)12(10)11)2-7(20(17)18)9(16)6(15)3-13/h4,6-9,13,15-16,20H,2-3,5H2,1H3. The predicted octanol–water partition coefficient (Wildman–Crippen LogP) is -2.16. The Kier molecular flexibility index (Phi) is 6.32. The molecule has 0 aromatic carbocycles. The van der Waals surface area contributed by atoms with Gasteiger partial charge in [-0.05, 0) is 25.1 Å². The predicted molar refractivity (Wildman–Crippen MR) is 69.7 cm³/mol. The van der Waals surface area contributed by atoms with Crippen LogP contribution in [0.15, 0.2) is 0 Å². The molecule has 0 saturated carbocycles. The van der Waals surface area contributed by atoms with E-state index in [1.54, 1.807) is 6.92 Å². The maximum atomic E-state index is 11.3. The zero-order valence-electron chi connectivity index (χ0n) is 10.8. The lowest BCUT2D eigenvalue weighted by Crippen LogP contribution is -2.49. The molecule has 0 aromatic heterocycles. The van der Waals surface area contributed by atoms with Crippen LogP contribution in [0.5, 0.6) is 0 Å². The van der Waals surface area contributed by atoms with E-state index in [1.165, 1.54) is 0 Å². The Morgan fingerprint density at radius 2 is 2.15 bits per heavy atom. The molecule has 1 aliphatic heterocycles. The highest BCUT2D eigenvalue weighted by atomic mass is 35.5. The number of carbonyl (C=O) groups is 1. The second-order valence-electron chi connectivity index (χ2n) is 4.94. The summed E-state index contributed by atoms with van der Waals surface area (Å²) in [7, 11) is -3.08. The summed E-state index contributed by atoms with van der Waals surface area (Å²) in [4.78, 5) is 10.7. The number of ether oxygens (including phenoxy) is 1. The van der Waals surface area contributed by atoms with Gasteiger partial charge in [-0.3, -0.25) is 4.79 Å². The minimum atomic E-state index is -3.08. The lowest BCUT2D eigenvalue weighted by atomic mass is 9.93. The summed E-state index contributed by atoms with van der Waals surface area (Å²) < 4.78 is 28.7. The zero-order valence-corrected chi connectivity index (χ0v) is 12.4. The third-order valence-corrected chi connectivity index (χ3v) is 4.95. The van der Waals surface area contributed by atoms with Crippen molar-refractivity contribution in [3.05, 3.63) is 0 Å². The van der Waals surface area contributed by atoms with Crippen LogP contribution in [0.1, 0.15) is 13.3 Å². The number of aliphatic hydroxyl groups excluding tert-OH is 3. The van der Waals surface area contributed by atoms with Gasteiger partial charge < -0.3 is 20.1 Å². The van der Waals surface area contributed by atoms with Gasteiger partial charge in [-0.1, -0.05) is 0 Å². The molecule has 0 aromatic rings. The minimum Gasteiger partial charge on any atom is -0.394 e. The van der Waals surface area contributed by atoms with Crippen molar-refractivity contribution >= 4 is 28.8 Å². The highest BCUT2D eigenvalue weighted by molar-refractivity contribution is 7.73. The lowest BCUT2D eigenvalue weighted by molar-refractivity contribution is -0.119. The molecule has 5 unspecified atom stereocenters. The number of carbonyl (C=O) groups excluding carboxylic acids is 1. The molecule has 1 saturated heterocycles. The first-order valence-electron chi connectivity index (χ1n) is 5.89. The highest BCUT2D eigenvalue weighted by Gasteiger charge is 2.47. The summed E-state index contributed by atoms with van der Waals surface area (Å²) in [5.74, 6) is 0. The van der Waals surface area contributed by atoms with E-state index >= 15 is 0 Å². The molecular formula is C10H18ClNO7S. The van der Waals surface area contributed by atoms with Crippen LogP contribution in [0.2, 0.25) is 0 Å². The number of nitrogens with zero attached hydrogens (tertiary/aromatic N) is 1. The molecule has 1 aliphatic rings. The summed E-state index contributed by atoms with van der Waals surface area (Å²) in [6.07, 6.45) is -3.91. The third kappa shape index (κ3) is 3.67. The number of hydrogen-bond donors (Lipinski definition) is 4. The van der Waals surface area contributed by atoms with Gasteiger partial charge in [0.2, 0.25) is 0 Å². The first-order valence-corrected chi connectivity index (χ1v) is 7.48. The van der Waals surface area contributed by atoms with Crippen molar-refractivity contribution < 1.29 is 33.3 Å². The Hall–Kier alpha value is -0.290. The van der Waals surface area contributed by atoms with Gasteiger partial charge in [0.05, 0.1) is 30.1 Å². The fraction of sp³-hybridized carbons (Fsp3) is 0.900. The van der Waals surface area contributed by atoms with Gasteiger partial charge in [-0.25, -0.2) is 8.42 Å². The van der Waals surface area contributed by atoms with Crippen LogP contribution in [-0.2, 0) is 20.2 Å². The Balaban J connectivity index is 2.89. The van der Waals surface area contributed by atoms with E-state index in [-0.39, 0.29) is 13.0 Å². The van der Waals surface area contributed by atoms with Gasteiger partial charge in [0, 0.05) is 0 Å². The summed E-state index contributed by atoms with van der Waals surface area (Å²) >= 11 is 5.94. The first-order chi connectivity index (χ1) is 9.26. The highest BCUT2D eigenvalue weighted by Crippen LogP contribution is 2.34. The topological polar surface area (TPSA) is 124 Å². The Bertz CT molecular complexity index is 412. The van der Waals surface area contributed by atoms with Crippen molar-refractivity contribution in [1.29, 1.82) is 0 Å². The number of aldehydes is 1. The van der Waals surface area contributed by atoms with Crippen LogP contribution in [0, 0.1) is 0 Å². The Morgan fingerprint density at radius 3 is 2.55 bits per heavy atom. The fourth-order valence-electron chi connectivity index (χ4n) is 2.07. The average molecular weight is 332 g/mol. The molecule has 5 atom stereocenters. The van der Waals surface area contributed by atoms with Crippen LogP contribution in [0.3, 0.4) is 0 Å². The van der Waals surface area contributed by atoms with E-state index < -0.39 is 46.5 Å². The molecule has 0 radical (unpaired) electrons. The van der Waals surface area contributed by atoms with E-state index in [4.69, 9.17) is 21.6 Å². The van der Waals surface area contributed by atoms with Gasteiger partial charge >= 0.3 is 0 Å². The van der Waals surface area contributed by atoms with E-state index in [9.17, 15) is 23.4 Å². The molecule has 10 heteroatoms. The average Bonchev–Trinajstić information content (AvgIpc) is 2.70. The van der Waals surface area contributed by atoms with Crippen LogP contribution in [-0.4, -0.2) is 76.9 Å². The second kappa shape index (κ2) is 7.12. The van der Waals surface area contributed by atoms with E-state index in [1.807, 2.05) is 0 Å². The van der Waals surface area contributed by atoms with Crippen molar-refractivity contribution in [2.24, 2.45) is 0 Å². The molecule has 8 nitrogen and oxygen atoms in total. The maximum Gasteiger partial charge on any atom is 0.180 e. The van der Waals surface area contributed by atoms with Crippen LogP contribution >= 0.6 is 11.8 Å². The number of halogens is 1. The maximum absolute atomic E-state index is 11.3. The Morgan fingerprint density at radius 1 is 1.55 bits per heavy atom. The summed E-state index contributed by atoms with van der Waals surface area (Å²) in [6, 6.07) is 0. The molecule has 1 heterocycles. The van der Waals surface area contributed by atoms with E-state index in [2.05, 4.69) is 0 Å². The zero-order chi connectivity index (χ0) is 15.5. The molecule has 0 amide bonds. The van der Waals surface area contributed by atoms with Crippen LogP contribution in [0.25, 0.3) is 0 Å². The molecule has 0 spiro atoms. The van der Waals surface area contributed by atoms with Gasteiger partial charge in [0.25, 0.3) is 0 Å². The van der Waals surface area contributed by atoms with Crippen LogP contribution in [0.4, 0.5) is 0 Å². The Labute approximate surface area is 123 Å². The molecule has 0 bridgehead atoms. The van der Waals surface area contributed by atoms with E-state index in [0.717, 1.165) is 4.42 Å². The number of aliphatic hydroxyl groups is 3. The van der Waals surface area contributed by atoms with E-state index in [0.29, 0.717) is 6.29 Å². The third-order valence-electron chi connectivity index (χ3n) is 3.32. The first kappa shape index (κ1) is 17.8. The monoisotopic (exact) mass is 331 g/mol. The smallest absolute Gasteiger partial charge is 0.180 e. The van der Waals surface area contributed by atoms with Crippen molar-refractivity contribution in [3.8, 4) is 0 Å². The van der Waals surface area contributed by atoms with Crippen molar-refractivity contribution in [2.45, 2.75) is 42.6 Å². The molecular weight excluding hydrogens is 314 g/mol. The van der Waals surface area contributed by atoms with Gasteiger partial charge in [0.15, 0.2) is 12.5 Å². The quantitative estimate of drug-likeness (QED) is 0.236. The minimum absolute atomic E-state index is 0.00151. The summed E-state index contributed by atoms with van der Waals surface area (Å²) in [5.41, 5.74) is -0.997. The van der Waals surface area contributed by atoms with Gasteiger partial charge in [-0.15, -0.1) is 0 Å². The van der Waals surface area contributed by atoms with Crippen LogP contribution < -0.4 is 0 Å². The molecule has 0 aliphatic carbocycles. The second-order valence-corrected chi connectivity index (χ2v) is 6.54. The molecule has 118 valence electrons.